The summed E-state index contributed by atoms with van der Waals surface area (Å²) in [5, 5.41) is 0. The van der Waals surface area contributed by atoms with E-state index in [4.69, 9.17) is 10.3 Å². The zero-order chi connectivity index (χ0) is 7.98. The maximum Gasteiger partial charge on any atom is 0.152 e. The van der Waals surface area contributed by atoms with Gasteiger partial charge < -0.3 is 10.3 Å². The molecule has 4 heteroatoms. The molecule has 3 N–H and O–H groups in total. The third-order valence-electron chi connectivity index (χ3n) is 0.989. The molecular formula is C6H13NO2S. The monoisotopic (exact) mass is 163 g/mol. The first kappa shape index (κ1) is 9.65. The number of nitrogens with two attached hydrogens (primary N) is 1. The molecule has 0 aliphatic carbocycles. The first-order valence-electron chi connectivity index (χ1n) is 3.12. The first-order chi connectivity index (χ1) is 4.63. The molecule has 3 nitrogen and oxygen atoms in total. The van der Waals surface area contributed by atoms with E-state index in [0.29, 0.717) is 5.75 Å². The summed E-state index contributed by atoms with van der Waals surface area (Å²) in [4.78, 5) is 0. The summed E-state index contributed by atoms with van der Waals surface area (Å²) in [7, 11) is 0. The van der Waals surface area contributed by atoms with Crippen LogP contribution in [0.5, 0.6) is 0 Å². The first-order valence-corrected chi connectivity index (χ1v) is 4.40. The van der Waals surface area contributed by atoms with E-state index in [2.05, 4.69) is 0 Å². The van der Waals surface area contributed by atoms with E-state index in [1.165, 1.54) is 0 Å². The molecule has 0 radical (unpaired) electrons. The smallest absolute Gasteiger partial charge is 0.152 e. The van der Waals surface area contributed by atoms with Gasteiger partial charge in [-0.15, -0.1) is 0 Å². The molecule has 0 saturated carbocycles. The molecule has 0 aromatic carbocycles. The van der Waals surface area contributed by atoms with E-state index in [1.54, 1.807) is 6.92 Å². The van der Waals surface area contributed by atoms with Gasteiger partial charge in [-0.25, -0.2) is 4.21 Å². The van der Waals surface area contributed by atoms with Gasteiger partial charge in [0.15, 0.2) is 11.1 Å². The van der Waals surface area contributed by atoms with Gasteiger partial charge in [-0.1, -0.05) is 6.08 Å². The standard InChI is InChI=1S/C6H13NO2S/c1-6(7)4-2-3-5-10(8)9/h4H,2-3,5,7H2,1H3,(H,8,9)/b6-4+. The van der Waals surface area contributed by atoms with Crippen LogP contribution < -0.4 is 5.73 Å². The highest BCUT2D eigenvalue weighted by molar-refractivity contribution is 7.79. The van der Waals surface area contributed by atoms with Gasteiger partial charge in [0.2, 0.25) is 0 Å². The van der Waals surface area contributed by atoms with Crippen molar-refractivity contribution in [3.8, 4) is 0 Å². The van der Waals surface area contributed by atoms with Gasteiger partial charge in [-0.2, -0.15) is 0 Å². The van der Waals surface area contributed by atoms with E-state index in [1.807, 2.05) is 6.08 Å². The molecule has 60 valence electrons. The molecule has 0 heterocycles. The molecule has 10 heavy (non-hydrogen) atoms. The van der Waals surface area contributed by atoms with Gasteiger partial charge in [-0.05, 0) is 19.8 Å². The topological polar surface area (TPSA) is 63.3 Å². The maximum atomic E-state index is 10.1. The SMILES string of the molecule is C/C(N)=C\CCCS(=O)O. The van der Waals surface area contributed by atoms with Crippen molar-refractivity contribution < 1.29 is 8.76 Å². The predicted octanol–water partition coefficient (Wildman–Crippen LogP) is 0.851. The van der Waals surface area contributed by atoms with Gasteiger partial charge in [-0.3, -0.25) is 0 Å². The molecular weight excluding hydrogens is 150 g/mol. The number of allylic oxidation sites excluding steroid dienone is 2. The van der Waals surface area contributed by atoms with Gasteiger partial charge in [0, 0.05) is 11.4 Å². The molecule has 0 amide bonds. The Morgan fingerprint density at radius 1 is 1.80 bits per heavy atom. The Morgan fingerprint density at radius 2 is 2.40 bits per heavy atom. The van der Waals surface area contributed by atoms with Crippen molar-refractivity contribution in [3.63, 3.8) is 0 Å². The molecule has 0 fully saturated rings. The van der Waals surface area contributed by atoms with Gasteiger partial charge in [0.25, 0.3) is 0 Å². The lowest BCUT2D eigenvalue weighted by Crippen LogP contribution is -1.95. The van der Waals surface area contributed by atoms with Crippen molar-refractivity contribution >= 4 is 11.1 Å². The summed E-state index contributed by atoms with van der Waals surface area (Å²) in [5.41, 5.74) is 6.10. The summed E-state index contributed by atoms with van der Waals surface area (Å²) in [6, 6.07) is 0. The van der Waals surface area contributed by atoms with Crippen molar-refractivity contribution in [1.82, 2.24) is 0 Å². The average molecular weight is 163 g/mol. The third kappa shape index (κ3) is 7.65. The lowest BCUT2D eigenvalue weighted by atomic mass is 10.3. The van der Waals surface area contributed by atoms with Crippen LogP contribution in [0.4, 0.5) is 0 Å². The third-order valence-corrected chi connectivity index (χ3v) is 1.63. The lowest BCUT2D eigenvalue weighted by molar-refractivity contribution is 0.562. The van der Waals surface area contributed by atoms with Crippen LogP contribution in [0.25, 0.3) is 0 Å². The molecule has 0 rings (SSSR count). The summed E-state index contributed by atoms with van der Waals surface area (Å²) >= 11 is -1.65. The Kier molecular flexibility index (Phi) is 5.25. The largest absolute Gasteiger partial charge is 0.403 e. The van der Waals surface area contributed by atoms with Crippen molar-refractivity contribution in [2.75, 3.05) is 5.75 Å². The fourth-order valence-electron chi connectivity index (χ4n) is 0.537. The highest BCUT2D eigenvalue weighted by atomic mass is 32.2. The summed E-state index contributed by atoms with van der Waals surface area (Å²) in [5.74, 6) is 0.337. The fourth-order valence-corrected chi connectivity index (χ4v) is 0.950. The van der Waals surface area contributed by atoms with Gasteiger partial charge >= 0.3 is 0 Å². The molecule has 0 aliphatic rings. The van der Waals surface area contributed by atoms with Crippen LogP contribution in [0, 0.1) is 0 Å². The highest BCUT2D eigenvalue weighted by Gasteiger charge is 1.90. The Morgan fingerprint density at radius 3 is 2.80 bits per heavy atom. The molecule has 1 atom stereocenters. The number of hydrogen-bond acceptors (Lipinski definition) is 2. The molecule has 0 saturated heterocycles. The Bertz CT molecular complexity index is 141. The van der Waals surface area contributed by atoms with Gasteiger partial charge in [0.1, 0.15) is 0 Å². The van der Waals surface area contributed by atoms with Crippen LogP contribution in [-0.4, -0.2) is 14.5 Å². The minimum atomic E-state index is -1.65. The second-order valence-electron chi connectivity index (χ2n) is 2.12. The minimum absolute atomic E-state index is 0.337. The Balaban J connectivity index is 3.21. The predicted molar refractivity (Wildman–Crippen MR) is 42.8 cm³/mol. The molecule has 1 unspecified atom stereocenters. The molecule has 0 aromatic heterocycles. The number of hydrogen-bond donors (Lipinski definition) is 2. The Hall–Kier alpha value is -0.350. The highest BCUT2D eigenvalue weighted by Crippen LogP contribution is 1.94. The summed E-state index contributed by atoms with van der Waals surface area (Å²) in [6.07, 6.45) is 3.36. The molecule has 0 aliphatic heterocycles. The van der Waals surface area contributed by atoms with Crippen LogP contribution in [0.1, 0.15) is 19.8 Å². The van der Waals surface area contributed by atoms with Crippen molar-refractivity contribution in [2.45, 2.75) is 19.8 Å². The van der Waals surface area contributed by atoms with Crippen LogP contribution in [0.15, 0.2) is 11.8 Å². The van der Waals surface area contributed by atoms with Crippen molar-refractivity contribution in [2.24, 2.45) is 5.73 Å². The van der Waals surface area contributed by atoms with E-state index in [-0.39, 0.29) is 0 Å². The van der Waals surface area contributed by atoms with Crippen LogP contribution in [0.2, 0.25) is 0 Å². The lowest BCUT2D eigenvalue weighted by Gasteiger charge is -1.92. The number of unbranched alkanes of at least 4 members (excludes halogenated alkanes) is 1. The second-order valence-corrected chi connectivity index (χ2v) is 3.17. The maximum absolute atomic E-state index is 10.1. The summed E-state index contributed by atoms with van der Waals surface area (Å²) < 4.78 is 18.4. The zero-order valence-electron chi connectivity index (χ0n) is 6.04. The van der Waals surface area contributed by atoms with Crippen LogP contribution >= 0.6 is 0 Å². The van der Waals surface area contributed by atoms with E-state index in [9.17, 15) is 4.21 Å². The second kappa shape index (κ2) is 5.44. The number of rotatable bonds is 4. The van der Waals surface area contributed by atoms with E-state index in [0.717, 1.165) is 18.5 Å². The quantitative estimate of drug-likeness (QED) is 0.477. The van der Waals surface area contributed by atoms with Crippen LogP contribution in [-0.2, 0) is 11.1 Å². The molecule has 0 aromatic rings. The van der Waals surface area contributed by atoms with Crippen molar-refractivity contribution in [1.29, 1.82) is 0 Å². The fraction of sp³-hybridized carbons (Fsp3) is 0.667. The van der Waals surface area contributed by atoms with E-state index >= 15 is 0 Å². The molecule has 0 spiro atoms. The molecule has 0 bridgehead atoms. The van der Waals surface area contributed by atoms with Gasteiger partial charge in [0.05, 0.1) is 0 Å². The Labute approximate surface area is 63.6 Å². The summed E-state index contributed by atoms with van der Waals surface area (Å²) in [6.45, 7) is 1.80. The normalized spacial score (nSPS) is 15.2. The van der Waals surface area contributed by atoms with E-state index < -0.39 is 11.1 Å². The minimum Gasteiger partial charge on any atom is -0.403 e. The van der Waals surface area contributed by atoms with Crippen LogP contribution in [0.3, 0.4) is 0 Å². The average Bonchev–Trinajstić information content (AvgIpc) is 1.79. The zero-order valence-corrected chi connectivity index (χ0v) is 6.86. The van der Waals surface area contributed by atoms with Crippen molar-refractivity contribution in [3.05, 3.63) is 11.8 Å².